The second kappa shape index (κ2) is 11.4. The lowest BCUT2D eigenvalue weighted by atomic mass is 10.1. The Morgan fingerprint density at radius 2 is 1.56 bits per heavy atom. The van der Waals surface area contributed by atoms with Gasteiger partial charge in [0, 0.05) is 32.7 Å². The molecule has 25 heavy (non-hydrogen) atoms. The molecule has 0 spiro atoms. The highest BCUT2D eigenvalue weighted by molar-refractivity contribution is 6.27. The van der Waals surface area contributed by atoms with Crippen LogP contribution < -0.4 is 4.74 Å². The zero-order valence-corrected chi connectivity index (χ0v) is 15.0. The van der Waals surface area contributed by atoms with Gasteiger partial charge in [-0.1, -0.05) is 32.0 Å². The Hall–Kier alpha value is -2.12. The Bertz CT molecular complexity index is 530. The van der Waals surface area contributed by atoms with Gasteiger partial charge in [0.2, 0.25) is 0 Å². The summed E-state index contributed by atoms with van der Waals surface area (Å²) in [4.78, 5) is 23.2. The summed E-state index contributed by atoms with van der Waals surface area (Å²) in [6.45, 7) is 12.2. The molecule has 0 unspecified atom stereocenters. The number of para-hydroxylation sites is 1. The number of rotatable bonds is 6. The van der Waals surface area contributed by atoms with Crippen LogP contribution in [0.15, 0.2) is 24.3 Å². The average molecular weight is 352 g/mol. The SMILES string of the molecule is CCc1ccccc1OCCN1CCN(CC)CC1.O=C(O)C(=O)O. The fraction of sp³-hybridized carbons (Fsp3) is 0.556. The molecular formula is C18H28N2O5. The highest BCUT2D eigenvalue weighted by Crippen LogP contribution is 2.18. The van der Waals surface area contributed by atoms with Crippen molar-refractivity contribution in [2.75, 3.05) is 45.9 Å². The van der Waals surface area contributed by atoms with Gasteiger partial charge in [-0.2, -0.15) is 0 Å². The van der Waals surface area contributed by atoms with Crippen molar-refractivity contribution in [1.29, 1.82) is 0 Å². The number of likely N-dealkylation sites (N-methyl/N-ethyl adjacent to an activating group) is 1. The summed E-state index contributed by atoms with van der Waals surface area (Å²) in [5.74, 6) is -2.60. The third kappa shape index (κ3) is 8.00. The van der Waals surface area contributed by atoms with Gasteiger partial charge in [-0.15, -0.1) is 0 Å². The lowest BCUT2D eigenvalue weighted by Gasteiger charge is -2.33. The first-order chi connectivity index (χ1) is 12.0. The third-order valence-corrected chi connectivity index (χ3v) is 4.11. The number of hydrogen-bond acceptors (Lipinski definition) is 5. The molecule has 1 heterocycles. The topological polar surface area (TPSA) is 90.3 Å². The number of carboxylic acid groups (broad SMARTS) is 2. The third-order valence-electron chi connectivity index (χ3n) is 4.11. The molecule has 2 N–H and O–H groups in total. The first-order valence-corrected chi connectivity index (χ1v) is 8.59. The molecule has 0 saturated carbocycles. The molecule has 0 bridgehead atoms. The molecule has 2 rings (SSSR count). The predicted molar refractivity (Wildman–Crippen MR) is 95.1 cm³/mol. The summed E-state index contributed by atoms with van der Waals surface area (Å²) < 4.78 is 5.93. The van der Waals surface area contributed by atoms with Crippen molar-refractivity contribution in [2.24, 2.45) is 0 Å². The molecule has 1 aliphatic heterocycles. The molecule has 7 nitrogen and oxygen atoms in total. The quantitative estimate of drug-likeness (QED) is 0.748. The maximum absolute atomic E-state index is 9.10. The second-order valence-electron chi connectivity index (χ2n) is 5.70. The number of aryl methyl sites for hydroxylation is 1. The van der Waals surface area contributed by atoms with Crippen LogP contribution in [0.2, 0.25) is 0 Å². The van der Waals surface area contributed by atoms with Crippen molar-refractivity contribution in [2.45, 2.75) is 20.3 Å². The molecule has 1 saturated heterocycles. The van der Waals surface area contributed by atoms with Crippen molar-refractivity contribution in [3.05, 3.63) is 29.8 Å². The first-order valence-electron chi connectivity index (χ1n) is 8.59. The van der Waals surface area contributed by atoms with Crippen LogP contribution in [0.1, 0.15) is 19.4 Å². The van der Waals surface area contributed by atoms with E-state index in [9.17, 15) is 0 Å². The number of carbonyl (C=O) groups is 2. The van der Waals surface area contributed by atoms with Crippen LogP contribution in [0.3, 0.4) is 0 Å². The largest absolute Gasteiger partial charge is 0.492 e. The van der Waals surface area contributed by atoms with E-state index in [1.165, 1.54) is 38.3 Å². The summed E-state index contributed by atoms with van der Waals surface area (Å²) in [7, 11) is 0. The molecule has 140 valence electrons. The van der Waals surface area contributed by atoms with Gasteiger partial charge < -0.3 is 19.8 Å². The monoisotopic (exact) mass is 352 g/mol. The van der Waals surface area contributed by atoms with Crippen LogP contribution in [0, 0.1) is 0 Å². The van der Waals surface area contributed by atoms with E-state index in [1.807, 2.05) is 0 Å². The average Bonchev–Trinajstić information content (AvgIpc) is 2.63. The maximum Gasteiger partial charge on any atom is 0.414 e. The van der Waals surface area contributed by atoms with Gasteiger partial charge in [-0.25, -0.2) is 9.59 Å². The normalized spacial score (nSPS) is 15.1. The summed E-state index contributed by atoms with van der Waals surface area (Å²) in [6.07, 6.45) is 1.03. The van der Waals surface area contributed by atoms with Crippen LogP contribution in [-0.2, 0) is 16.0 Å². The Balaban J connectivity index is 0.000000450. The minimum Gasteiger partial charge on any atom is -0.492 e. The number of benzene rings is 1. The Morgan fingerprint density at radius 3 is 2.08 bits per heavy atom. The number of carboxylic acids is 2. The highest BCUT2D eigenvalue weighted by Gasteiger charge is 2.15. The van der Waals surface area contributed by atoms with Gasteiger partial charge in [0.15, 0.2) is 0 Å². The summed E-state index contributed by atoms with van der Waals surface area (Å²) >= 11 is 0. The highest BCUT2D eigenvalue weighted by atomic mass is 16.5. The van der Waals surface area contributed by atoms with Gasteiger partial charge in [-0.05, 0) is 24.6 Å². The number of hydrogen-bond donors (Lipinski definition) is 2. The zero-order valence-electron chi connectivity index (χ0n) is 15.0. The van der Waals surface area contributed by atoms with Crippen LogP contribution >= 0.6 is 0 Å². The summed E-state index contributed by atoms with van der Waals surface area (Å²) in [6, 6.07) is 8.35. The van der Waals surface area contributed by atoms with Crippen LogP contribution in [0.25, 0.3) is 0 Å². The number of nitrogens with zero attached hydrogens (tertiary/aromatic N) is 2. The van der Waals surface area contributed by atoms with Crippen molar-refractivity contribution in [1.82, 2.24) is 9.80 Å². The maximum atomic E-state index is 9.10. The van der Waals surface area contributed by atoms with Crippen LogP contribution in [-0.4, -0.2) is 77.8 Å². The molecule has 0 aliphatic carbocycles. The smallest absolute Gasteiger partial charge is 0.414 e. The summed E-state index contributed by atoms with van der Waals surface area (Å²) in [5, 5.41) is 14.8. The molecule has 1 aromatic carbocycles. The first kappa shape index (κ1) is 20.9. The molecular weight excluding hydrogens is 324 g/mol. The fourth-order valence-electron chi connectivity index (χ4n) is 2.55. The van der Waals surface area contributed by atoms with Crippen LogP contribution in [0.5, 0.6) is 5.75 Å². The summed E-state index contributed by atoms with van der Waals surface area (Å²) in [5.41, 5.74) is 1.30. The molecule has 0 radical (unpaired) electrons. The molecule has 0 amide bonds. The molecule has 0 aromatic heterocycles. The zero-order chi connectivity index (χ0) is 18.7. The van der Waals surface area contributed by atoms with E-state index < -0.39 is 11.9 Å². The predicted octanol–water partition coefficient (Wildman–Crippen LogP) is 1.42. The van der Waals surface area contributed by atoms with E-state index in [4.69, 9.17) is 24.5 Å². The molecule has 1 aromatic rings. The number of ether oxygens (including phenoxy) is 1. The van der Waals surface area contributed by atoms with E-state index in [0.717, 1.165) is 25.3 Å². The minimum absolute atomic E-state index is 0.795. The minimum atomic E-state index is -1.82. The second-order valence-corrected chi connectivity index (χ2v) is 5.70. The lowest BCUT2D eigenvalue weighted by Crippen LogP contribution is -2.47. The van der Waals surface area contributed by atoms with Crippen molar-refractivity contribution >= 4 is 11.9 Å². The van der Waals surface area contributed by atoms with Gasteiger partial charge in [0.1, 0.15) is 12.4 Å². The van der Waals surface area contributed by atoms with E-state index in [2.05, 4.69) is 47.9 Å². The Labute approximate surface area is 148 Å². The molecule has 1 aliphatic rings. The lowest BCUT2D eigenvalue weighted by molar-refractivity contribution is -0.159. The van der Waals surface area contributed by atoms with Gasteiger partial charge >= 0.3 is 11.9 Å². The van der Waals surface area contributed by atoms with E-state index >= 15 is 0 Å². The molecule has 0 atom stereocenters. The van der Waals surface area contributed by atoms with Crippen molar-refractivity contribution in [3.8, 4) is 5.75 Å². The fourth-order valence-corrected chi connectivity index (χ4v) is 2.55. The standard InChI is InChI=1S/C16H26N2O.C2H2O4/c1-3-15-7-5-6-8-16(15)19-14-13-18-11-9-17(4-2)10-12-18;3-1(4)2(5)6/h5-8H,3-4,9-14H2,1-2H3;(H,3,4)(H,5,6). The van der Waals surface area contributed by atoms with Crippen molar-refractivity contribution in [3.63, 3.8) is 0 Å². The van der Waals surface area contributed by atoms with E-state index in [-0.39, 0.29) is 0 Å². The van der Waals surface area contributed by atoms with Gasteiger partial charge in [0.05, 0.1) is 0 Å². The van der Waals surface area contributed by atoms with E-state index in [1.54, 1.807) is 0 Å². The van der Waals surface area contributed by atoms with Gasteiger partial charge in [0.25, 0.3) is 0 Å². The van der Waals surface area contributed by atoms with Gasteiger partial charge in [-0.3, -0.25) is 4.90 Å². The van der Waals surface area contributed by atoms with E-state index in [0.29, 0.717) is 0 Å². The number of piperazine rings is 1. The Morgan fingerprint density at radius 1 is 1.00 bits per heavy atom. The van der Waals surface area contributed by atoms with Crippen LogP contribution in [0.4, 0.5) is 0 Å². The van der Waals surface area contributed by atoms with Crippen molar-refractivity contribution < 1.29 is 24.5 Å². The Kier molecular flexibility index (Phi) is 9.57. The molecule has 1 fully saturated rings. The number of aliphatic carboxylic acids is 2. The molecule has 7 heteroatoms.